The smallest absolute Gasteiger partial charge is 0.254 e. The van der Waals surface area contributed by atoms with Crippen molar-refractivity contribution in [2.45, 2.75) is 19.8 Å². The van der Waals surface area contributed by atoms with Crippen molar-refractivity contribution in [3.05, 3.63) is 47.8 Å². The van der Waals surface area contributed by atoms with E-state index in [2.05, 4.69) is 0 Å². The van der Waals surface area contributed by atoms with Crippen LogP contribution < -0.4 is 0 Å². The third-order valence-electron chi connectivity index (χ3n) is 3.95. The molecule has 0 N–H and O–H groups in total. The Morgan fingerprint density at radius 2 is 1.90 bits per heavy atom. The van der Waals surface area contributed by atoms with E-state index in [-0.39, 0.29) is 11.7 Å². The van der Waals surface area contributed by atoms with Gasteiger partial charge in [-0.3, -0.25) is 4.79 Å². The zero-order chi connectivity index (χ0) is 14.1. The fraction of sp³-hybridized carbons (Fsp3) is 0.353. The zero-order valence-corrected chi connectivity index (χ0v) is 11.6. The average Bonchev–Trinajstić information content (AvgIpc) is 3.29. The second-order valence-electron chi connectivity index (χ2n) is 5.43. The van der Waals surface area contributed by atoms with Gasteiger partial charge in [-0.25, -0.2) is 4.39 Å². The van der Waals surface area contributed by atoms with Crippen LogP contribution in [0.25, 0.3) is 10.8 Å². The van der Waals surface area contributed by atoms with Crippen LogP contribution in [-0.2, 0) is 0 Å². The highest BCUT2D eigenvalue weighted by Gasteiger charge is 2.27. The van der Waals surface area contributed by atoms with Crippen LogP contribution in [0.4, 0.5) is 4.39 Å². The highest BCUT2D eigenvalue weighted by atomic mass is 19.1. The van der Waals surface area contributed by atoms with Crippen LogP contribution in [0.5, 0.6) is 0 Å². The molecule has 1 aliphatic rings. The van der Waals surface area contributed by atoms with Gasteiger partial charge >= 0.3 is 0 Å². The molecule has 2 nitrogen and oxygen atoms in total. The van der Waals surface area contributed by atoms with E-state index in [1.807, 2.05) is 24.0 Å². The van der Waals surface area contributed by atoms with E-state index in [1.54, 1.807) is 18.2 Å². The van der Waals surface area contributed by atoms with Crippen LogP contribution in [0.1, 0.15) is 30.1 Å². The first-order chi connectivity index (χ1) is 9.70. The summed E-state index contributed by atoms with van der Waals surface area (Å²) in [6, 6.07) is 10.2. The predicted molar refractivity (Wildman–Crippen MR) is 78.2 cm³/mol. The summed E-state index contributed by atoms with van der Waals surface area (Å²) in [6.07, 6.45) is 2.43. The molecule has 1 saturated carbocycles. The van der Waals surface area contributed by atoms with Crippen LogP contribution in [0, 0.1) is 11.7 Å². The molecule has 2 aromatic rings. The van der Waals surface area contributed by atoms with E-state index in [9.17, 15) is 9.18 Å². The highest BCUT2D eigenvalue weighted by molar-refractivity contribution is 6.07. The van der Waals surface area contributed by atoms with Crippen LogP contribution in [0.15, 0.2) is 36.4 Å². The number of benzene rings is 2. The molecule has 1 aliphatic carbocycles. The molecule has 104 valence electrons. The van der Waals surface area contributed by atoms with Gasteiger partial charge in [0.1, 0.15) is 5.82 Å². The lowest BCUT2D eigenvalue weighted by atomic mass is 10.0. The molecule has 0 heterocycles. The van der Waals surface area contributed by atoms with E-state index in [0.29, 0.717) is 28.8 Å². The summed E-state index contributed by atoms with van der Waals surface area (Å²) in [5.41, 5.74) is 0.601. The number of halogens is 1. The van der Waals surface area contributed by atoms with Gasteiger partial charge < -0.3 is 4.90 Å². The lowest BCUT2D eigenvalue weighted by Gasteiger charge is -2.21. The van der Waals surface area contributed by atoms with Crippen molar-refractivity contribution in [1.29, 1.82) is 0 Å². The van der Waals surface area contributed by atoms with Gasteiger partial charge in [-0.2, -0.15) is 0 Å². The van der Waals surface area contributed by atoms with E-state index in [0.717, 1.165) is 6.54 Å². The molecule has 0 radical (unpaired) electrons. The van der Waals surface area contributed by atoms with Crippen LogP contribution in [0.3, 0.4) is 0 Å². The van der Waals surface area contributed by atoms with Gasteiger partial charge in [0.15, 0.2) is 0 Å². The van der Waals surface area contributed by atoms with Gasteiger partial charge in [0.25, 0.3) is 5.91 Å². The Morgan fingerprint density at radius 1 is 1.20 bits per heavy atom. The van der Waals surface area contributed by atoms with Crippen molar-refractivity contribution in [3.63, 3.8) is 0 Å². The maximum atomic E-state index is 13.8. The van der Waals surface area contributed by atoms with Crippen molar-refractivity contribution in [2.75, 3.05) is 13.1 Å². The Labute approximate surface area is 118 Å². The van der Waals surface area contributed by atoms with E-state index < -0.39 is 0 Å². The van der Waals surface area contributed by atoms with Gasteiger partial charge in [-0.05, 0) is 43.2 Å². The summed E-state index contributed by atoms with van der Waals surface area (Å²) in [7, 11) is 0. The first-order valence-electron chi connectivity index (χ1n) is 7.17. The predicted octanol–water partition coefficient (Wildman–Crippen LogP) is 3.85. The van der Waals surface area contributed by atoms with Crippen molar-refractivity contribution in [2.24, 2.45) is 5.92 Å². The molecule has 0 atom stereocenters. The molecule has 0 aliphatic heterocycles. The second kappa shape index (κ2) is 5.23. The molecule has 1 fully saturated rings. The molecule has 2 aromatic carbocycles. The Balaban J connectivity index is 2.00. The first-order valence-corrected chi connectivity index (χ1v) is 7.17. The van der Waals surface area contributed by atoms with Crippen LogP contribution >= 0.6 is 0 Å². The van der Waals surface area contributed by atoms with E-state index >= 15 is 0 Å². The molecule has 0 unspecified atom stereocenters. The second-order valence-corrected chi connectivity index (χ2v) is 5.43. The van der Waals surface area contributed by atoms with Crippen molar-refractivity contribution < 1.29 is 9.18 Å². The average molecular weight is 271 g/mol. The monoisotopic (exact) mass is 271 g/mol. The number of carbonyl (C=O) groups is 1. The van der Waals surface area contributed by atoms with Gasteiger partial charge in [-0.1, -0.05) is 24.3 Å². The number of carbonyl (C=O) groups excluding carboxylic acids is 1. The molecule has 20 heavy (non-hydrogen) atoms. The molecule has 3 heteroatoms. The number of nitrogens with zero attached hydrogens (tertiary/aromatic N) is 1. The van der Waals surface area contributed by atoms with Crippen molar-refractivity contribution >= 4 is 16.7 Å². The minimum absolute atomic E-state index is 0.00981. The molecule has 0 bridgehead atoms. The standard InChI is InChI=1S/C17H18FNO/c1-2-19(11-12-7-8-12)17(20)15-9-10-16(18)14-6-4-3-5-13(14)15/h3-6,9-10,12H,2,7-8,11H2,1H3. The molecule has 0 spiro atoms. The Kier molecular flexibility index (Phi) is 3.43. The molecule has 3 rings (SSSR count). The molecular weight excluding hydrogens is 253 g/mol. The minimum atomic E-state index is -0.276. The van der Waals surface area contributed by atoms with Gasteiger partial charge in [0, 0.05) is 24.0 Å². The number of rotatable bonds is 4. The molecule has 1 amide bonds. The fourth-order valence-electron chi connectivity index (χ4n) is 2.59. The molecule has 0 aromatic heterocycles. The third-order valence-corrected chi connectivity index (χ3v) is 3.95. The van der Waals surface area contributed by atoms with E-state index in [4.69, 9.17) is 0 Å². The summed E-state index contributed by atoms with van der Waals surface area (Å²) < 4.78 is 13.8. The number of amides is 1. The maximum Gasteiger partial charge on any atom is 0.254 e. The third kappa shape index (κ3) is 2.40. The Hall–Kier alpha value is -1.90. The quantitative estimate of drug-likeness (QED) is 0.827. The normalized spacial score (nSPS) is 14.5. The maximum absolute atomic E-state index is 13.8. The number of fused-ring (bicyclic) bond motifs is 1. The highest BCUT2D eigenvalue weighted by Crippen LogP contribution is 2.31. The summed E-state index contributed by atoms with van der Waals surface area (Å²) in [4.78, 5) is 14.5. The topological polar surface area (TPSA) is 20.3 Å². The summed E-state index contributed by atoms with van der Waals surface area (Å²) >= 11 is 0. The Bertz CT molecular complexity index is 648. The minimum Gasteiger partial charge on any atom is -0.339 e. The summed E-state index contributed by atoms with van der Waals surface area (Å²) in [5.74, 6) is 0.392. The SMILES string of the molecule is CCN(CC1CC1)C(=O)c1ccc(F)c2ccccc12. The largest absolute Gasteiger partial charge is 0.339 e. The number of hydrogen-bond acceptors (Lipinski definition) is 1. The fourth-order valence-corrected chi connectivity index (χ4v) is 2.59. The number of hydrogen-bond donors (Lipinski definition) is 0. The lowest BCUT2D eigenvalue weighted by Crippen LogP contribution is -2.32. The van der Waals surface area contributed by atoms with Gasteiger partial charge in [0.2, 0.25) is 0 Å². The Morgan fingerprint density at radius 3 is 2.55 bits per heavy atom. The van der Waals surface area contributed by atoms with Gasteiger partial charge in [-0.15, -0.1) is 0 Å². The van der Waals surface area contributed by atoms with E-state index in [1.165, 1.54) is 18.9 Å². The molecule has 0 saturated heterocycles. The molecular formula is C17H18FNO. The summed E-state index contributed by atoms with van der Waals surface area (Å²) in [6.45, 7) is 3.51. The lowest BCUT2D eigenvalue weighted by molar-refractivity contribution is 0.0759. The van der Waals surface area contributed by atoms with Gasteiger partial charge in [0.05, 0.1) is 0 Å². The zero-order valence-electron chi connectivity index (χ0n) is 11.6. The first kappa shape index (κ1) is 13.1. The van der Waals surface area contributed by atoms with Crippen LogP contribution in [0.2, 0.25) is 0 Å². The summed E-state index contributed by atoms with van der Waals surface area (Å²) in [5, 5.41) is 1.22. The van der Waals surface area contributed by atoms with Crippen LogP contribution in [-0.4, -0.2) is 23.9 Å². The van der Waals surface area contributed by atoms with Crippen molar-refractivity contribution in [1.82, 2.24) is 4.90 Å². The van der Waals surface area contributed by atoms with Crippen molar-refractivity contribution in [3.8, 4) is 0 Å².